The minimum atomic E-state index is -0.0801. The number of benzene rings is 1. The van der Waals surface area contributed by atoms with Crippen molar-refractivity contribution in [1.82, 2.24) is 0 Å². The molecule has 1 aromatic rings. The van der Waals surface area contributed by atoms with Crippen LogP contribution in [-0.4, -0.2) is 12.4 Å². The van der Waals surface area contributed by atoms with Crippen molar-refractivity contribution in [1.29, 1.82) is 0 Å². The third-order valence-electron chi connectivity index (χ3n) is 1.70. The van der Waals surface area contributed by atoms with E-state index in [9.17, 15) is 0 Å². The van der Waals surface area contributed by atoms with Crippen molar-refractivity contribution in [2.45, 2.75) is 19.3 Å². The molecule has 2 rings (SSSR count). The van der Waals surface area contributed by atoms with Crippen LogP contribution in [0.15, 0.2) is 24.3 Å². The third kappa shape index (κ3) is 1.71. The zero-order chi connectivity index (χ0) is 8.55. The Bertz CT molecular complexity index is 288. The first-order valence-electron chi connectivity index (χ1n) is 3.83. The molecule has 3 heteroatoms. The van der Waals surface area contributed by atoms with Gasteiger partial charge in [-0.2, -0.15) is 0 Å². The van der Waals surface area contributed by atoms with Crippen molar-refractivity contribution in [2.75, 3.05) is 0 Å². The molecule has 1 aromatic carbocycles. The molecule has 0 saturated carbocycles. The van der Waals surface area contributed by atoms with E-state index in [1.165, 1.54) is 0 Å². The van der Waals surface area contributed by atoms with Gasteiger partial charge < -0.3 is 9.47 Å². The number of ether oxygens (including phenoxy) is 2. The predicted molar refractivity (Wildman–Crippen MR) is 46.4 cm³/mol. The lowest BCUT2D eigenvalue weighted by Crippen LogP contribution is -2.00. The van der Waals surface area contributed by atoms with E-state index >= 15 is 0 Å². The number of halogens is 1. The maximum Gasteiger partial charge on any atom is 0.226 e. The van der Waals surface area contributed by atoms with E-state index in [1.807, 2.05) is 25.1 Å². The van der Waals surface area contributed by atoms with Gasteiger partial charge in [-0.05, 0) is 25.1 Å². The van der Waals surface area contributed by atoms with Crippen LogP contribution in [0.1, 0.15) is 6.92 Å². The lowest BCUT2D eigenvalue weighted by molar-refractivity contribution is 0.178. The quantitative estimate of drug-likeness (QED) is 0.659. The Morgan fingerprint density at radius 2 is 2.25 bits per heavy atom. The molecule has 1 fully saturated rings. The molecule has 0 amide bonds. The molecular formula is C9H9ClO2. The Morgan fingerprint density at radius 1 is 1.50 bits per heavy atom. The summed E-state index contributed by atoms with van der Waals surface area (Å²) in [5.74, 6) is 0.761. The van der Waals surface area contributed by atoms with E-state index in [2.05, 4.69) is 0 Å². The summed E-state index contributed by atoms with van der Waals surface area (Å²) in [7, 11) is 0. The van der Waals surface area contributed by atoms with Gasteiger partial charge in [0.05, 0.1) is 0 Å². The van der Waals surface area contributed by atoms with Crippen molar-refractivity contribution in [3.05, 3.63) is 29.3 Å². The predicted octanol–water partition coefficient (Wildman–Crippen LogP) is 2.46. The molecule has 2 nitrogen and oxygen atoms in total. The summed E-state index contributed by atoms with van der Waals surface area (Å²) in [6.07, 6.45) is 0.132. The van der Waals surface area contributed by atoms with Gasteiger partial charge in [0.1, 0.15) is 11.9 Å². The van der Waals surface area contributed by atoms with E-state index in [0.717, 1.165) is 5.75 Å². The van der Waals surface area contributed by atoms with Gasteiger partial charge in [-0.3, -0.25) is 0 Å². The molecule has 0 spiro atoms. The Hall–Kier alpha value is -0.730. The van der Waals surface area contributed by atoms with E-state index in [0.29, 0.717) is 5.02 Å². The number of epoxide rings is 1. The maximum absolute atomic E-state index is 5.76. The molecule has 0 aromatic heterocycles. The Balaban J connectivity index is 2.03. The van der Waals surface area contributed by atoms with Crippen molar-refractivity contribution in [2.24, 2.45) is 0 Å². The minimum Gasteiger partial charge on any atom is -0.462 e. The highest BCUT2D eigenvalue weighted by atomic mass is 35.5. The summed E-state index contributed by atoms with van der Waals surface area (Å²) in [6, 6.07) is 7.30. The molecule has 1 saturated heterocycles. The molecule has 2 atom stereocenters. The van der Waals surface area contributed by atoms with E-state index in [1.54, 1.807) is 6.07 Å². The first kappa shape index (κ1) is 7.90. The maximum atomic E-state index is 5.76. The molecule has 12 heavy (non-hydrogen) atoms. The minimum absolute atomic E-state index is 0.0801. The fourth-order valence-electron chi connectivity index (χ4n) is 0.964. The molecule has 1 aliphatic heterocycles. The van der Waals surface area contributed by atoms with Gasteiger partial charge >= 0.3 is 0 Å². The van der Waals surface area contributed by atoms with Crippen LogP contribution < -0.4 is 4.74 Å². The standard InChI is InChI=1S/C9H9ClO2/c1-6-9(11-6)12-8-4-2-3-7(10)5-8/h2-6,9H,1H3. The zero-order valence-electron chi connectivity index (χ0n) is 6.66. The molecular weight excluding hydrogens is 176 g/mol. The third-order valence-corrected chi connectivity index (χ3v) is 1.94. The lowest BCUT2D eigenvalue weighted by Gasteiger charge is -2.01. The van der Waals surface area contributed by atoms with Crippen LogP contribution in [0.4, 0.5) is 0 Å². The lowest BCUT2D eigenvalue weighted by atomic mass is 10.3. The van der Waals surface area contributed by atoms with Gasteiger partial charge in [0.2, 0.25) is 6.29 Å². The molecule has 64 valence electrons. The highest BCUT2D eigenvalue weighted by Gasteiger charge is 2.36. The van der Waals surface area contributed by atoms with Gasteiger partial charge in [0, 0.05) is 5.02 Å². The number of hydrogen-bond acceptors (Lipinski definition) is 2. The van der Waals surface area contributed by atoms with Gasteiger partial charge in [0.15, 0.2) is 0 Å². The van der Waals surface area contributed by atoms with Crippen LogP contribution in [0, 0.1) is 0 Å². The monoisotopic (exact) mass is 184 g/mol. The fraction of sp³-hybridized carbons (Fsp3) is 0.333. The van der Waals surface area contributed by atoms with Crippen molar-refractivity contribution < 1.29 is 9.47 Å². The Morgan fingerprint density at radius 3 is 2.83 bits per heavy atom. The average Bonchev–Trinajstić information content (AvgIpc) is 2.66. The molecule has 2 unspecified atom stereocenters. The van der Waals surface area contributed by atoms with Crippen LogP contribution in [0.25, 0.3) is 0 Å². The Labute approximate surface area is 76.1 Å². The smallest absolute Gasteiger partial charge is 0.226 e. The van der Waals surface area contributed by atoms with Crippen LogP contribution >= 0.6 is 11.6 Å². The molecule has 1 heterocycles. The summed E-state index contributed by atoms with van der Waals surface area (Å²) >= 11 is 5.76. The van der Waals surface area contributed by atoms with Crippen LogP contribution in [-0.2, 0) is 4.74 Å². The number of hydrogen-bond donors (Lipinski definition) is 0. The fourth-order valence-corrected chi connectivity index (χ4v) is 1.14. The second-order valence-electron chi connectivity index (χ2n) is 2.78. The van der Waals surface area contributed by atoms with Crippen molar-refractivity contribution in [3.63, 3.8) is 0 Å². The highest BCUT2D eigenvalue weighted by Crippen LogP contribution is 2.26. The molecule has 1 aliphatic rings. The first-order chi connectivity index (χ1) is 5.75. The van der Waals surface area contributed by atoms with Crippen molar-refractivity contribution >= 4 is 11.6 Å². The summed E-state index contributed by atoms with van der Waals surface area (Å²) in [6.45, 7) is 1.97. The highest BCUT2D eigenvalue weighted by molar-refractivity contribution is 6.30. The largest absolute Gasteiger partial charge is 0.462 e. The summed E-state index contributed by atoms with van der Waals surface area (Å²) in [4.78, 5) is 0. The molecule has 0 radical (unpaired) electrons. The van der Waals surface area contributed by atoms with Gasteiger partial charge in [-0.25, -0.2) is 0 Å². The zero-order valence-corrected chi connectivity index (χ0v) is 7.41. The summed E-state index contributed by atoms with van der Waals surface area (Å²) in [5, 5.41) is 0.681. The van der Waals surface area contributed by atoms with Gasteiger partial charge in [0.25, 0.3) is 0 Å². The second-order valence-corrected chi connectivity index (χ2v) is 3.22. The van der Waals surface area contributed by atoms with Gasteiger partial charge in [-0.1, -0.05) is 17.7 Å². The normalized spacial score (nSPS) is 26.8. The topological polar surface area (TPSA) is 21.8 Å². The van der Waals surface area contributed by atoms with Crippen LogP contribution in [0.2, 0.25) is 5.02 Å². The number of rotatable bonds is 2. The first-order valence-corrected chi connectivity index (χ1v) is 4.21. The summed E-state index contributed by atoms with van der Waals surface area (Å²) in [5.41, 5.74) is 0. The van der Waals surface area contributed by atoms with Crippen LogP contribution in [0.3, 0.4) is 0 Å². The van der Waals surface area contributed by atoms with E-state index < -0.39 is 0 Å². The average molecular weight is 185 g/mol. The molecule has 0 bridgehead atoms. The molecule has 0 N–H and O–H groups in total. The Kier molecular flexibility index (Phi) is 1.95. The van der Waals surface area contributed by atoms with Crippen molar-refractivity contribution in [3.8, 4) is 5.75 Å². The SMILES string of the molecule is CC1OC1Oc1cccc(Cl)c1. The second kappa shape index (κ2) is 2.96. The van der Waals surface area contributed by atoms with Gasteiger partial charge in [-0.15, -0.1) is 0 Å². The van der Waals surface area contributed by atoms with Crippen LogP contribution in [0.5, 0.6) is 5.75 Å². The van der Waals surface area contributed by atoms with E-state index in [4.69, 9.17) is 21.1 Å². The molecule has 0 aliphatic carbocycles. The van der Waals surface area contributed by atoms with E-state index in [-0.39, 0.29) is 12.4 Å². The summed E-state index contributed by atoms with van der Waals surface area (Å²) < 4.78 is 10.5.